The van der Waals surface area contributed by atoms with E-state index >= 15 is 0 Å². The second-order valence-corrected chi connectivity index (χ2v) is 9.73. The highest BCUT2D eigenvalue weighted by atomic mass is 79.9. The molecule has 0 aromatic heterocycles. The van der Waals surface area contributed by atoms with Crippen LogP contribution in [0.4, 0.5) is 0 Å². The van der Waals surface area contributed by atoms with Gasteiger partial charge in [-0.1, -0.05) is 42.5 Å². The van der Waals surface area contributed by atoms with Gasteiger partial charge in [-0.2, -0.15) is 0 Å². The van der Waals surface area contributed by atoms with Gasteiger partial charge in [0.1, 0.15) is 17.9 Å². The van der Waals surface area contributed by atoms with Crippen molar-refractivity contribution >= 4 is 38.5 Å². The fourth-order valence-corrected chi connectivity index (χ4v) is 5.59. The van der Waals surface area contributed by atoms with E-state index in [1.165, 1.54) is 7.11 Å². The Kier molecular flexibility index (Phi) is 6.93. The summed E-state index contributed by atoms with van der Waals surface area (Å²) < 4.78 is 23.3. The van der Waals surface area contributed by atoms with Crippen molar-refractivity contribution in [3.63, 3.8) is 0 Å². The molecule has 3 aromatic carbocycles. The molecule has 1 heterocycles. The summed E-state index contributed by atoms with van der Waals surface area (Å²) in [4.78, 5) is 25.8. The van der Waals surface area contributed by atoms with Crippen LogP contribution in [0.1, 0.15) is 36.3 Å². The van der Waals surface area contributed by atoms with Crippen molar-refractivity contribution in [1.82, 2.24) is 0 Å². The lowest BCUT2D eigenvalue weighted by Crippen LogP contribution is -2.31. The quantitative estimate of drug-likeness (QED) is 0.387. The maximum atomic E-state index is 13.0. The topological polar surface area (TPSA) is 97.1 Å². The Bertz CT molecular complexity index is 1470. The predicted octanol–water partition coefficient (Wildman–Crippen LogP) is 5.65. The van der Waals surface area contributed by atoms with E-state index in [9.17, 15) is 9.59 Å². The zero-order chi connectivity index (χ0) is 26.1. The SMILES string of the molecule is COC(=O)C1=C(N)OC2=C(C(=O)CCC2)[C@@H]1c1cc(Br)c(OCc2cccc3ccccc23)c(OC)c1. The molecule has 0 saturated carbocycles. The minimum absolute atomic E-state index is 0.0586. The summed E-state index contributed by atoms with van der Waals surface area (Å²) in [7, 11) is 2.81. The Balaban J connectivity index is 1.55. The number of methoxy groups -OCH3 is 2. The summed E-state index contributed by atoms with van der Waals surface area (Å²) in [5.41, 5.74) is 8.37. The first-order valence-corrected chi connectivity index (χ1v) is 12.7. The first kappa shape index (κ1) is 24.9. The standard InChI is InChI=1S/C29H26BrNO6/c1-34-23-14-18(24-25-21(32)11-6-12-22(25)37-28(31)26(24)29(33)35-2)13-20(30)27(23)36-15-17-9-5-8-16-7-3-4-10-19(16)17/h3-5,7-10,13-14,24H,6,11-12,15,31H2,1-2H3/t24-/m0/s1. The molecule has 3 aromatic rings. The molecule has 37 heavy (non-hydrogen) atoms. The summed E-state index contributed by atoms with van der Waals surface area (Å²) in [6.07, 6.45) is 1.61. The molecule has 0 bridgehead atoms. The fraction of sp³-hybridized carbons (Fsp3) is 0.241. The van der Waals surface area contributed by atoms with E-state index in [1.807, 2.05) is 30.3 Å². The summed E-state index contributed by atoms with van der Waals surface area (Å²) >= 11 is 3.62. The molecule has 0 saturated heterocycles. The lowest BCUT2D eigenvalue weighted by atomic mass is 9.77. The maximum absolute atomic E-state index is 13.0. The number of Topliss-reactive ketones (excluding diaryl/α,β-unsaturated/α-hetero) is 1. The largest absolute Gasteiger partial charge is 0.493 e. The zero-order valence-electron chi connectivity index (χ0n) is 20.5. The molecule has 2 aliphatic rings. The molecule has 5 rings (SSSR count). The first-order valence-electron chi connectivity index (χ1n) is 11.9. The molecule has 8 heteroatoms. The monoisotopic (exact) mass is 563 g/mol. The van der Waals surface area contributed by atoms with E-state index in [4.69, 9.17) is 24.7 Å². The average molecular weight is 564 g/mol. The molecule has 0 radical (unpaired) electrons. The van der Waals surface area contributed by atoms with Crippen LogP contribution in [0, 0.1) is 0 Å². The van der Waals surface area contributed by atoms with Crippen LogP contribution >= 0.6 is 15.9 Å². The van der Waals surface area contributed by atoms with E-state index < -0.39 is 11.9 Å². The van der Waals surface area contributed by atoms with Gasteiger partial charge in [-0.3, -0.25) is 4.79 Å². The third-order valence-corrected chi connectivity index (χ3v) is 7.32. The molecule has 2 N–H and O–H groups in total. The molecule has 0 spiro atoms. The minimum atomic E-state index is -0.749. The van der Waals surface area contributed by atoms with Gasteiger partial charge in [-0.25, -0.2) is 4.79 Å². The van der Waals surface area contributed by atoms with Crippen molar-refractivity contribution in [2.45, 2.75) is 31.8 Å². The van der Waals surface area contributed by atoms with Crippen molar-refractivity contribution in [2.75, 3.05) is 14.2 Å². The summed E-state index contributed by atoms with van der Waals surface area (Å²) in [5.74, 6) is -0.0858. The Morgan fingerprint density at radius 3 is 2.68 bits per heavy atom. The number of carbonyl (C=O) groups is 2. The fourth-order valence-electron chi connectivity index (χ4n) is 5.01. The number of halogens is 1. The van der Waals surface area contributed by atoms with Gasteiger partial charge < -0.3 is 24.7 Å². The first-order chi connectivity index (χ1) is 17.9. The molecular weight excluding hydrogens is 538 g/mol. The van der Waals surface area contributed by atoms with E-state index in [1.54, 1.807) is 13.2 Å². The molecule has 1 atom stereocenters. The minimum Gasteiger partial charge on any atom is -0.493 e. The molecule has 0 unspecified atom stereocenters. The highest BCUT2D eigenvalue weighted by Gasteiger charge is 2.41. The number of rotatable bonds is 6. The summed E-state index contributed by atoms with van der Waals surface area (Å²) in [6, 6.07) is 17.8. The Labute approximate surface area is 223 Å². The highest BCUT2D eigenvalue weighted by molar-refractivity contribution is 9.10. The molecule has 190 valence electrons. The number of hydrogen-bond acceptors (Lipinski definition) is 7. The van der Waals surface area contributed by atoms with Gasteiger partial charge in [0.05, 0.1) is 24.6 Å². The molecule has 0 fully saturated rings. The van der Waals surface area contributed by atoms with Crippen molar-refractivity contribution in [3.8, 4) is 11.5 Å². The number of nitrogens with two attached hydrogens (primary N) is 1. The van der Waals surface area contributed by atoms with Crippen molar-refractivity contribution in [2.24, 2.45) is 5.73 Å². The number of ketones is 1. The maximum Gasteiger partial charge on any atom is 0.340 e. The van der Waals surface area contributed by atoms with E-state index in [0.717, 1.165) is 16.3 Å². The Morgan fingerprint density at radius 2 is 1.89 bits per heavy atom. The number of esters is 1. The number of hydrogen-bond donors (Lipinski definition) is 1. The third-order valence-electron chi connectivity index (χ3n) is 6.73. The molecule has 1 aliphatic heterocycles. The van der Waals surface area contributed by atoms with Gasteiger partial charge in [-0.15, -0.1) is 0 Å². The van der Waals surface area contributed by atoms with Crippen LogP contribution in [0.3, 0.4) is 0 Å². The van der Waals surface area contributed by atoms with Crippen LogP contribution in [0.2, 0.25) is 0 Å². The smallest absolute Gasteiger partial charge is 0.340 e. The number of fused-ring (bicyclic) bond motifs is 1. The molecule has 7 nitrogen and oxygen atoms in total. The lowest BCUT2D eigenvalue weighted by molar-refractivity contribution is -0.136. The van der Waals surface area contributed by atoms with E-state index in [-0.39, 0.29) is 17.2 Å². The van der Waals surface area contributed by atoms with Crippen LogP contribution in [0.15, 0.2) is 81.9 Å². The number of benzene rings is 3. The van der Waals surface area contributed by atoms with Crippen LogP contribution in [-0.4, -0.2) is 26.0 Å². The van der Waals surface area contributed by atoms with Crippen molar-refractivity contribution in [3.05, 3.63) is 93.0 Å². The van der Waals surface area contributed by atoms with Crippen LogP contribution in [0.25, 0.3) is 10.8 Å². The summed E-state index contributed by atoms with van der Waals surface area (Å²) in [5, 5.41) is 2.24. The lowest BCUT2D eigenvalue weighted by Gasteiger charge is -2.32. The second kappa shape index (κ2) is 10.3. The van der Waals surface area contributed by atoms with Gasteiger partial charge in [0.15, 0.2) is 17.3 Å². The third kappa shape index (κ3) is 4.57. The molecule has 1 aliphatic carbocycles. The van der Waals surface area contributed by atoms with Crippen molar-refractivity contribution in [1.29, 1.82) is 0 Å². The number of ether oxygens (including phenoxy) is 4. The number of carbonyl (C=O) groups excluding carboxylic acids is 2. The van der Waals surface area contributed by atoms with Crippen LogP contribution < -0.4 is 15.2 Å². The second-order valence-electron chi connectivity index (χ2n) is 8.88. The van der Waals surface area contributed by atoms with Crippen LogP contribution in [0.5, 0.6) is 11.5 Å². The van der Waals surface area contributed by atoms with Gasteiger partial charge in [0, 0.05) is 18.4 Å². The summed E-state index contributed by atoms with van der Waals surface area (Å²) in [6.45, 7) is 0.320. The predicted molar refractivity (Wildman–Crippen MR) is 142 cm³/mol. The van der Waals surface area contributed by atoms with E-state index in [2.05, 4.69) is 34.1 Å². The molecular formula is C29H26BrNO6. The van der Waals surface area contributed by atoms with Gasteiger partial charge in [-0.05, 0) is 56.4 Å². The van der Waals surface area contributed by atoms with Crippen molar-refractivity contribution < 1.29 is 28.5 Å². The number of allylic oxidation sites excluding steroid dienone is 2. The Hall–Kier alpha value is -3.78. The average Bonchev–Trinajstić information content (AvgIpc) is 2.91. The zero-order valence-corrected chi connectivity index (χ0v) is 22.1. The van der Waals surface area contributed by atoms with Gasteiger partial charge in [0.2, 0.25) is 5.88 Å². The van der Waals surface area contributed by atoms with Crippen LogP contribution in [-0.2, 0) is 25.7 Å². The Morgan fingerprint density at radius 1 is 1.11 bits per heavy atom. The highest BCUT2D eigenvalue weighted by Crippen LogP contribution is 2.47. The molecule has 0 amide bonds. The van der Waals surface area contributed by atoms with E-state index in [0.29, 0.717) is 58.7 Å². The van der Waals surface area contributed by atoms with Gasteiger partial charge >= 0.3 is 5.97 Å². The normalized spacial score (nSPS) is 17.4. The van der Waals surface area contributed by atoms with Gasteiger partial charge in [0.25, 0.3) is 0 Å².